The van der Waals surface area contributed by atoms with Crippen LogP contribution in [0.15, 0.2) is 54.9 Å². The molecular formula is C17H13N5O. The van der Waals surface area contributed by atoms with E-state index in [-0.39, 0.29) is 6.01 Å². The van der Waals surface area contributed by atoms with Crippen molar-refractivity contribution in [3.8, 4) is 17.8 Å². The van der Waals surface area contributed by atoms with Crippen molar-refractivity contribution in [1.82, 2.24) is 15.0 Å². The fourth-order valence-corrected chi connectivity index (χ4v) is 1.93. The molecule has 0 aliphatic carbocycles. The number of aryl methyl sites for hydroxylation is 1. The van der Waals surface area contributed by atoms with E-state index in [0.29, 0.717) is 17.3 Å². The van der Waals surface area contributed by atoms with Crippen LogP contribution >= 0.6 is 0 Å². The van der Waals surface area contributed by atoms with Gasteiger partial charge in [-0.05, 0) is 48.9 Å². The molecule has 6 nitrogen and oxygen atoms in total. The van der Waals surface area contributed by atoms with Gasteiger partial charge < -0.3 is 10.1 Å². The first-order chi connectivity index (χ1) is 11.2. The molecule has 0 fully saturated rings. The number of ether oxygens (including phenoxy) is 1. The first kappa shape index (κ1) is 14.5. The van der Waals surface area contributed by atoms with E-state index in [4.69, 9.17) is 10.00 Å². The minimum atomic E-state index is 0.210. The molecule has 3 rings (SSSR count). The molecule has 1 heterocycles. The Kier molecular flexibility index (Phi) is 4.11. The first-order valence-corrected chi connectivity index (χ1v) is 6.94. The summed E-state index contributed by atoms with van der Waals surface area (Å²) in [6, 6.07) is 16.9. The molecule has 0 unspecified atom stereocenters. The average Bonchev–Trinajstić information content (AvgIpc) is 2.56. The smallest absolute Gasteiger partial charge is 0.326 e. The zero-order valence-corrected chi connectivity index (χ0v) is 12.4. The van der Waals surface area contributed by atoms with Crippen LogP contribution in [0.2, 0.25) is 0 Å². The lowest BCUT2D eigenvalue weighted by Gasteiger charge is -2.07. The lowest BCUT2D eigenvalue weighted by atomic mass is 10.2. The van der Waals surface area contributed by atoms with E-state index in [1.54, 1.807) is 24.3 Å². The first-order valence-electron chi connectivity index (χ1n) is 6.94. The van der Waals surface area contributed by atoms with Crippen LogP contribution < -0.4 is 10.1 Å². The number of hydrogen-bond donors (Lipinski definition) is 1. The van der Waals surface area contributed by atoms with E-state index in [9.17, 15) is 0 Å². The minimum absolute atomic E-state index is 0.210. The number of nitriles is 1. The van der Waals surface area contributed by atoms with Gasteiger partial charge in [0.25, 0.3) is 0 Å². The Morgan fingerprint density at radius 1 is 1.09 bits per heavy atom. The Morgan fingerprint density at radius 3 is 2.65 bits per heavy atom. The van der Waals surface area contributed by atoms with Crippen LogP contribution in [0.1, 0.15) is 11.1 Å². The molecule has 0 saturated carbocycles. The van der Waals surface area contributed by atoms with Gasteiger partial charge in [0.2, 0.25) is 5.95 Å². The molecule has 1 aromatic heterocycles. The van der Waals surface area contributed by atoms with Gasteiger partial charge in [-0.25, -0.2) is 4.98 Å². The maximum absolute atomic E-state index is 8.79. The molecule has 0 bridgehead atoms. The summed E-state index contributed by atoms with van der Waals surface area (Å²) in [7, 11) is 0. The van der Waals surface area contributed by atoms with Gasteiger partial charge in [-0.2, -0.15) is 15.2 Å². The van der Waals surface area contributed by atoms with E-state index in [1.807, 2.05) is 31.2 Å². The van der Waals surface area contributed by atoms with E-state index in [2.05, 4.69) is 26.3 Å². The molecular weight excluding hydrogens is 290 g/mol. The predicted octanol–water partition coefficient (Wildman–Crippen LogP) is 3.59. The summed E-state index contributed by atoms with van der Waals surface area (Å²) in [6.45, 7) is 1.98. The predicted molar refractivity (Wildman–Crippen MR) is 85.5 cm³/mol. The van der Waals surface area contributed by atoms with E-state index in [0.717, 1.165) is 11.3 Å². The molecule has 1 N–H and O–H groups in total. The molecule has 0 aliphatic rings. The molecule has 0 spiro atoms. The van der Waals surface area contributed by atoms with Crippen molar-refractivity contribution in [1.29, 1.82) is 5.26 Å². The highest BCUT2D eigenvalue weighted by Gasteiger charge is 2.04. The van der Waals surface area contributed by atoms with Gasteiger partial charge in [0.1, 0.15) is 12.1 Å². The van der Waals surface area contributed by atoms with Crippen LogP contribution in [0.5, 0.6) is 11.8 Å². The Hall–Kier alpha value is -3.46. The summed E-state index contributed by atoms with van der Waals surface area (Å²) >= 11 is 0. The number of nitrogens with zero attached hydrogens (tertiary/aromatic N) is 4. The molecule has 0 radical (unpaired) electrons. The van der Waals surface area contributed by atoms with Gasteiger partial charge >= 0.3 is 6.01 Å². The lowest BCUT2D eigenvalue weighted by Crippen LogP contribution is -2.00. The zero-order chi connectivity index (χ0) is 16.1. The minimum Gasteiger partial charge on any atom is -0.424 e. The van der Waals surface area contributed by atoms with Crippen LogP contribution in [0, 0.1) is 18.3 Å². The molecule has 2 aromatic carbocycles. The van der Waals surface area contributed by atoms with Crippen LogP contribution in [0.3, 0.4) is 0 Å². The summed E-state index contributed by atoms with van der Waals surface area (Å²) < 4.78 is 5.63. The maximum atomic E-state index is 8.79. The van der Waals surface area contributed by atoms with Crippen molar-refractivity contribution in [2.45, 2.75) is 6.92 Å². The average molecular weight is 303 g/mol. The van der Waals surface area contributed by atoms with Crippen LogP contribution in [0.25, 0.3) is 0 Å². The summed E-state index contributed by atoms with van der Waals surface area (Å²) in [5.41, 5.74) is 2.46. The van der Waals surface area contributed by atoms with Gasteiger partial charge in [0.15, 0.2) is 0 Å². The largest absolute Gasteiger partial charge is 0.424 e. The molecule has 0 saturated heterocycles. The fourth-order valence-electron chi connectivity index (χ4n) is 1.93. The molecule has 0 amide bonds. The molecule has 0 aliphatic heterocycles. The zero-order valence-electron chi connectivity index (χ0n) is 12.4. The van der Waals surface area contributed by atoms with Crippen molar-refractivity contribution >= 4 is 11.6 Å². The second-order valence-corrected chi connectivity index (χ2v) is 4.82. The highest BCUT2D eigenvalue weighted by Crippen LogP contribution is 2.20. The van der Waals surface area contributed by atoms with Crippen molar-refractivity contribution in [2.24, 2.45) is 0 Å². The van der Waals surface area contributed by atoms with Crippen molar-refractivity contribution in [3.05, 3.63) is 66.0 Å². The summed E-state index contributed by atoms with van der Waals surface area (Å²) in [5.74, 6) is 1.04. The monoisotopic (exact) mass is 303 g/mol. The number of nitrogens with one attached hydrogen (secondary N) is 1. The van der Waals surface area contributed by atoms with Crippen molar-refractivity contribution in [3.63, 3.8) is 0 Å². The summed E-state index contributed by atoms with van der Waals surface area (Å²) in [6.07, 6.45) is 1.38. The van der Waals surface area contributed by atoms with Gasteiger partial charge in [-0.15, -0.1) is 0 Å². The molecule has 6 heteroatoms. The van der Waals surface area contributed by atoms with Crippen LogP contribution in [-0.2, 0) is 0 Å². The van der Waals surface area contributed by atoms with Gasteiger partial charge in [-0.3, -0.25) is 0 Å². The quantitative estimate of drug-likeness (QED) is 0.793. The van der Waals surface area contributed by atoms with E-state index in [1.165, 1.54) is 6.33 Å². The number of benzene rings is 2. The van der Waals surface area contributed by atoms with Crippen molar-refractivity contribution in [2.75, 3.05) is 5.32 Å². The van der Waals surface area contributed by atoms with Gasteiger partial charge in [0, 0.05) is 5.69 Å². The third kappa shape index (κ3) is 3.80. The highest BCUT2D eigenvalue weighted by atomic mass is 16.5. The standard InChI is InChI=1S/C17H13N5O/c1-12-3-2-4-15(9-12)23-17-20-11-19-16(22-17)21-14-7-5-13(10-18)6-8-14/h2-9,11H,1H3,(H,19,20,21,22). The van der Waals surface area contributed by atoms with Crippen LogP contribution in [0.4, 0.5) is 11.6 Å². The fraction of sp³-hybridized carbons (Fsp3) is 0.0588. The molecule has 3 aromatic rings. The highest BCUT2D eigenvalue weighted by molar-refractivity contribution is 5.54. The normalized spacial score (nSPS) is 9.91. The number of anilines is 2. The Labute approximate surface area is 133 Å². The molecule has 0 atom stereocenters. The third-order valence-corrected chi connectivity index (χ3v) is 3.02. The Balaban J connectivity index is 1.75. The second-order valence-electron chi connectivity index (χ2n) is 4.82. The summed E-state index contributed by atoms with van der Waals surface area (Å²) in [5, 5.41) is 11.8. The number of hydrogen-bond acceptors (Lipinski definition) is 6. The topological polar surface area (TPSA) is 83.7 Å². The van der Waals surface area contributed by atoms with Crippen LogP contribution in [-0.4, -0.2) is 15.0 Å². The van der Waals surface area contributed by atoms with Crippen molar-refractivity contribution < 1.29 is 4.74 Å². The van der Waals surface area contributed by atoms with E-state index < -0.39 is 0 Å². The van der Waals surface area contributed by atoms with Gasteiger partial charge in [-0.1, -0.05) is 12.1 Å². The Morgan fingerprint density at radius 2 is 1.91 bits per heavy atom. The molecule has 23 heavy (non-hydrogen) atoms. The number of aromatic nitrogens is 3. The van der Waals surface area contributed by atoms with Gasteiger partial charge in [0.05, 0.1) is 11.6 Å². The van der Waals surface area contributed by atoms with E-state index >= 15 is 0 Å². The Bertz CT molecular complexity index is 855. The summed E-state index contributed by atoms with van der Waals surface area (Å²) in [4.78, 5) is 12.3. The number of rotatable bonds is 4. The molecule has 112 valence electrons. The SMILES string of the molecule is Cc1cccc(Oc2ncnc(Nc3ccc(C#N)cc3)n2)c1. The second kappa shape index (κ2) is 6.54. The third-order valence-electron chi connectivity index (χ3n) is 3.02. The maximum Gasteiger partial charge on any atom is 0.326 e. The lowest BCUT2D eigenvalue weighted by molar-refractivity contribution is 0.440.